The number of halogens is 2. The third-order valence-corrected chi connectivity index (χ3v) is 5.82. The van der Waals surface area contributed by atoms with Crippen LogP contribution in [0.15, 0.2) is 72.0 Å². The maximum Gasteiger partial charge on any atom is 0.185 e. The van der Waals surface area contributed by atoms with Crippen LogP contribution in [0.3, 0.4) is 0 Å². The van der Waals surface area contributed by atoms with Gasteiger partial charge in [-0.25, -0.2) is 9.82 Å². The minimum absolute atomic E-state index is 0. The summed E-state index contributed by atoms with van der Waals surface area (Å²) in [4.78, 5) is 20.1. The highest BCUT2D eigenvalue weighted by Crippen LogP contribution is 2.39. The van der Waals surface area contributed by atoms with Crippen LogP contribution in [-0.2, 0) is 6.54 Å². The van der Waals surface area contributed by atoms with Crippen LogP contribution in [0.25, 0.3) is 0 Å². The number of hydrogen-bond donors (Lipinski definition) is 2. The van der Waals surface area contributed by atoms with Gasteiger partial charge in [0.2, 0.25) is 0 Å². The van der Waals surface area contributed by atoms with Gasteiger partial charge >= 0.3 is 0 Å². The Morgan fingerprint density at radius 1 is 1.09 bits per heavy atom. The predicted molar refractivity (Wildman–Crippen MR) is 121 cm³/mol. The number of hydrogen-bond acceptors (Lipinski definition) is 5. The summed E-state index contributed by atoms with van der Waals surface area (Å²) in [5.74, 6) is 0. The standard InChI is InChI=1S/C23H20FN5O2.ClH/c24-21-14-29(28-23(30)31,13-15-3-1-2-4-19(15)21)18-5-6-20-16(11-18)12-26-22(20)27-17-7-9-25-10-8-17;/h1-12,21-22,28H,13-14H2,(H-,25,27,30,31);1H. The van der Waals surface area contributed by atoms with Gasteiger partial charge in [0.1, 0.15) is 19.3 Å². The zero-order valence-corrected chi connectivity index (χ0v) is 17.8. The van der Waals surface area contributed by atoms with Gasteiger partial charge in [0, 0.05) is 58.7 Å². The van der Waals surface area contributed by atoms with Crippen LogP contribution in [0, 0.1) is 0 Å². The van der Waals surface area contributed by atoms with E-state index >= 15 is 4.39 Å². The number of aliphatic imine (C=N–C) groups is 1. The summed E-state index contributed by atoms with van der Waals surface area (Å²) >= 11 is 0. The molecule has 1 aromatic heterocycles. The van der Waals surface area contributed by atoms with Crippen LogP contribution in [0.2, 0.25) is 0 Å². The van der Waals surface area contributed by atoms with Crippen LogP contribution in [0.4, 0.5) is 20.6 Å². The van der Waals surface area contributed by atoms with E-state index in [4.69, 9.17) is 0 Å². The topological polar surface area (TPSA) is 89.4 Å². The predicted octanol–water partition coefficient (Wildman–Crippen LogP) is 3.43. The van der Waals surface area contributed by atoms with E-state index in [2.05, 4.69) is 20.7 Å². The molecular weight excluding hydrogens is 433 g/mol. The molecule has 0 fully saturated rings. The number of carbonyl (C=O) groups excluding carboxylic acids is 1. The normalized spacial score (nSPS) is 22.9. The van der Waals surface area contributed by atoms with Crippen molar-refractivity contribution >= 4 is 36.1 Å². The molecule has 3 aromatic rings. The second-order valence-corrected chi connectivity index (χ2v) is 7.75. The number of benzene rings is 2. The summed E-state index contributed by atoms with van der Waals surface area (Å²) < 4.78 is 14.8. The lowest BCUT2D eigenvalue weighted by Crippen LogP contribution is -2.66. The molecule has 7 nitrogen and oxygen atoms in total. The van der Waals surface area contributed by atoms with Crippen molar-refractivity contribution in [3.63, 3.8) is 0 Å². The molecule has 0 saturated heterocycles. The highest BCUT2D eigenvalue weighted by Gasteiger charge is 2.42. The molecule has 9 heteroatoms. The largest absolute Gasteiger partial charge is 0.526 e. The molecule has 32 heavy (non-hydrogen) atoms. The molecule has 3 atom stereocenters. The van der Waals surface area contributed by atoms with Gasteiger partial charge in [0.15, 0.2) is 18.0 Å². The van der Waals surface area contributed by atoms with Gasteiger partial charge in [-0.3, -0.25) is 9.98 Å². The lowest BCUT2D eigenvalue weighted by atomic mass is 9.96. The third-order valence-electron chi connectivity index (χ3n) is 5.82. The van der Waals surface area contributed by atoms with E-state index in [1.807, 2.05) is 42.5 Å². The van der Waals surface area contributed by atoms with Gasteiger partial charge < -0.3 is 15.2 Å². The molecule has 5 rings (SSSR count). The number of aromatic nitrogens is 1. The van der Waals surface area contributed by atoms with Crippen molar-refractivity contribution < 1.29 is 14.3 Å². The number of anilines is 1. The molecule has 0 radical (unpaired) electrons. The molecule has 0 spiro atoms. The van der Waals surface area contributed by atoms with E-state index in [9.17, 15) is 9.90 Å². The van der Waals surface area contributed by atoms with Crippen molar-refractivity contribution in [1.82, 2.24) is 15.0 Å². The van der Waals surface area contributed by atoms with Gasteiger partial charge in [-0.2, -0.15) is 4.59 Å². The molecule has 0 bridgehead atoms. The van der Waals surface area contributed by atoms with Gasteiger partial charge in [-0.1, -0.05) is 24.3 Å². The Balaban J connectivity index is 0.00000245. The Morgan fingerprint density at radius 2 is 1.88 bits per heavy atom. The van der Waals surface area contributed by atoms with E-state index in [-0.39, 0.29) is 29.7 Å². The smallest absolute Gasteiger partial charge is 0.185 e. The summed E-state index contributed by atoms with van der Waals surface area (Å²) in [5, 5.41) is 14.9. The summed E-state index contributed by atoms with van der Waals surface area (Å²) in [6.07, 6.45) is 2.14. The molecule has 0 saturated carbocycles. The molecule has 3 heterocycles. The summed E-state index contributed by atoms with van der Waals surface area (Å²) in [7, 11) is 0. The Kier molecular flexibility index (Phi) is 5.82. The minimum Gasteiger partial charge on any atom is -0.526 e. The minimum atomic E-state index is -1.45. The lowest BCUT2D eigenvalue weighted by molar-refractivity contribution is -0.256. The Morgan fingerprint density at radius 3 is 2.66 bits per heavy atom. The number of rotatable bonds is 4. The number of fused-ring (bicyclic) bond motifs is 2. The molecule has 2 aromatic carbocycles. The number of carbonyl (C=O) groups is 1. The Bertz CT molecular complexity index is 1180. The Hall–Kier alpha value is -3.49. The van der Waals surface area contributed by atoms with Crippen LogP contribution in [0.1, 0.15) is 34.6 Å². The monoisotopic (exact) mass is 453 g/mol. The summed E-state index contributed by atoms with van der Waals surface area (Å²) in [6, 6.07) is 16.5. The first-order valence-electron chi connectivity index (χ1n) is 9.96. The molecular formula is C23H21ClFN5O2. The number of amides is 1. The fourth-order valence-electron chi connectivity index (χ4n) is 4.38. The first-order valence-corrected chi connectivity index (χ1v) is 9.96. The number of carboxylic acid groups (broad SMARTS) is 1. The van der Waals surface area contributed by atoms with Crippen molar-refractivity contribution in [2.45, 2.75) is 18.9 Å². The maximum atomic E-state index is 15.1. The number of nitrogens with one attached hydrogen (secondary N) is 2. The summed E-state index contributed by atoms with van der Waals surface area (Å²) in [5.41, 5.74) is 7.17. The van der Waals surface area contributed by atoms with Gasteiger partial charge in [-0.05, 0) is 18.2 Å². The number of nitrogens with zero attached hydrogens (tertiary/aromatic N) is 3. The van der Waals surface area contributed by atoms with E-state index < -0.39 is 12.3 Å². The van der Waals surface area contributed by atoms with Crippen LogP contribution in [-0.4, -0.2) is 23.8 Å². The number of quaternary nitrogens is 1. The van der Waals surface area contributed by atoms with Crippen molar-refractivity contribution in [3.8, 4) is 0 Å². The SMILES string of the molecule is Cl.O=C([O-])N[N+]1(c2ccc3c(c2)C=NC3Nc2ccncc2)Cc2ccccc2C(F)C1. The second-order valence-electron chi connectivity index (χ2n) is 7.75. The summed E-state index contributed by atoms with van der Waals surface area (Å²) in [6.45, 7) is 0.235. The molecule has 2 aliphatic rings. The van der Waals surface area contributed by atoms with Gasteiger partial charge in [0.05, 0.1) is 0 Å². The molecule has 2 N–H and O–H groups in total. The highest BCUT2D eigenvalue weighted by atomic mass is 35.5. The second kappa shape index (κ2) is 8.57. The van der Waals surface area contributed by atoms with Crippen molar-refractivity contribution in [3.05, 3.63) is 89.2 Å². The first-order chi connectivity index (χ1) is 15.0. The van der Waals surface area contributed by atoms with Crippen LogP contribution in [0.5, 0.6) is 0 Å². The molecule has 1 amide bonds. The van der Waals surface area contributed by atoms with E-state index in [0.717, 1.165) is 22.4 Å². The average molecular weight is 454 g/mol. The van der Waals surface area contributed by atoms with Crippen molar-refractivity contribution in [2.24, 2.45) is 4.99 Å². The lowest BCUT2D eigenvalue weighted by Gasteiger charge is -2.42. The van der Waals surface area contributed by atoms with Gasteiger partial charge in [-0.15, -0.1) is 12.4 Å². The van der Waals surface area contributed by atoms with E-state index in [1.165, 1.54) is 0 Å². The first kappa shape index (κ1) is 21.7. The third kappa shape index (κ3) is 3.90. The zero-order valence-electron chi connectivity index (χ0n) is 16.9. The molecule has 2 aliphatic heterocycles. The maximum absolute atomic E-state index is 15.1. The van der Waals surface area contributed by atoms with Crippen molar-refractivity contribution in [2.75, 3.05) is 11.9 Å². The van der Waals surface area contributed by atoms with E-state index in [0.29, 0.717) is 17.8 Å². The molecule has 3 unspecified atom stereocenters. The van der Waals surface area contributed by atoms with Crippen LogP contribution < -0.4 is 20.4 Å². The molecule has 0 aliphatic carbocycles. The van der Waals surface area contributed by atoms with E-state index in [1.54, 1.807) is 30.7 Å². The quantitative estimate of drug-likeness (QED) is 0.592. The fraction of sp³-hybridized carbons (Fsp3) is 0.174. The Labute approximate surface area is 190 Å². The van der Waals surface area contributed by atoms with Crippen LogP contribution >= 0.6 is 12.4 Å². The number of alkyl halides is 1. The molecule has 164 valence electrons. The number of pyridine rings is 1. The average Bonchev–Trinajstić information content (AvgIpc) is 3.16. The van der Waals surface area contributed by atoms with Gasteiger partial charge in [0.25, 0.3) is 0 Å². The highest BCUT2D eigenvalue weighted by molar-refractivity contribution is 5.87. The van der Waals surface area contributed by atoms with Crippen molar-refractivity contribution in [1.29, 1.82) is 0 Å². The zero-order chi connectivity index (χ0) is 21.4. The fourth-order valence-corrected chi connectivity index (χ4v) is 4.38.